The lowest BCUT2D eigenvalue weighted by Gasteiger charge is -2.40. The molecule has 206 valence electrons. The van der Waals surface area contributed by atoms with Gasteiger partial charge in [0.1, 0.15) is 17.7 Å². The monoisotopic (exact) mass is 540 g/mol. The van der Waals surface area contributed by atoms with Gasteiger partial charge in [0.25, 0.3) is 0 Å². The van der Waals surface area contributed by atoms with Crippen molar-refractivity contribution in [1.29, 1.82) is 0 Å². The number of β-amino-alcohol motifs (C(OH)–C–C–N with tert-alkyl or cyclic N) is 1. The zero-order valence-electron chi connectivity index (χ0n) is 23.2. The molecule has 1 amide bonds. The van der Waals surface area contributed by atoms with Gasteiger partial charge in [0, 0.05) is 38.4 Å². The van der Waals surface area contributed by atoms with Crippen LogP contribution in [0.4, 0.5) is 10.1 Å². The van der Waals surface area contributed by atoms with Crippen LogP contribution in [0, 0.1) is 11.7 Å². The predicted molar refractivity (Wildman–Crippen MR) is 149 cm³/mol. The third kappa shape index (κ3) is 5.55. The summed E-state index contributed by atoms with van der Waals surface area (Å²) in [7, 11) is -2.19. The quantitative estimate of drug-likeness (QED) is 0.443. The third-order valence-corrected chi connectivity index (χ3v) is 13.5. The van der Waals surface area contributed by atoms with Crippen LogP contribution in [-0.2, 0) is 15.6 Å². The Kier molecular flexibility index (Phi) is 7.22. The molecule has 0 unspecified atom stereocenters. The molecule has 0 spiro atoms. The molecular weight excluding hydrogens is 499 g/mol. The Morgan fingerprint density at radius 3 is 2.63 bits per heavy atom. The van der Waals surface area contributed by atoms with Crippen LogP contribution in [0.5, 0.6) is 5.75 Å². The molecule has 2 aromatic rings. The molecule has 1 saturated heterocycles. The number of aryl methyl sites for hydroxylation is 1. The van der Waals surface area contributed by atoms with Crippen molar-refractivity contribution in [3.8, 4) is 5.75 Å². The maximum absolute atomic E-state index is 15.2. The number of nitrogens with zero attached hydrogens (tertiary/aromatic N) is 1. The molecule has 2 fully saturated rings. The number of carbonyl (C=O) groups excluding carboxylic acids is 1. The van der Waals surface area contributed by atoms with Crippen molar-refractivity contribution in [2.75, 3.05) is 25.0 Å². The SMILES string of the molecule is CC(C)(C)[Si](C)(C)O[C@H](CN1C[C@H]2C[C@H](Oc3ccccc3)C[C@@]2(O)C1)c1cc(F)c2c(c1)CCC(=O)N2. The fourth-order valence-corrected chi connectivity index (χ4v) is 7.22. The van der Waals surface area contributed by atoms with E-state index in [2.05, 4.69) is 44.1 Å². The fraction of sp³-hybridized carbons (Fsp3) is 0.567. The average Bonchev–Trinajstić information content (AvgIpc) is 3.28. The van der Waals surface area contributed by atoms with E-state index in [1.54, 1.807) is 0 Å². The molecule has 1 saturated carbocycles. The van der Waals surface area contributed by atoms with Crippen molar-refractivity contribution >= 4 is 19.9 Å². The molecule has 5 rings (SSSR count). The van der Waals surface area contributed by atoms with Gasteiger partial charge in [0.15, 0.2) is 8.32 Å². The molecule has 0 bridgehead atoms. The van der Waals surface area contributed by atoms with Gasteiger partial charge >= 0.3 is 0 Å². The molecule has 2 aromatic carbocycles. The van der Waals surface area contributed by atoms with Crippen LogP contribution in [-0.4, -0.2) is 55.6 Å². The Morgan fingerprint density at radius 2 is 1.95 bits per heavy atom. The van der Waals surface area contributed by atoms with E-state index in [0.717, 1.165) is 29.8 Å². The first-order valence-electron chi connectivity index (χ1n) is 13.8. The smallest absolute Gasteiger partial charge is 0.224 e. The maximum Gasteiger partial charge on any atom is 0.224 e. The number of fused-ring (bicyclic) bond motifs is 2. The largest absolute Gasteiger partial charge is 0.490 e. The highest BCUT2D eigenvalue weighted by Crippen LogP contribution is 2.45. The minimum absolute atomic E-state index is 0.00113. The summed E-state index contributed by atoms with van der Waals surface area (Å²) in [5.41, 5.74) is 1.12. The first-order valence-corrected chi connectivity index (χ1v) is 16.7. The molecule has 38 heavy (non-hydrogen) atoms. The van der Waals surface area contributed by atoms with E-state index >= 15 is 4.39 Å². The first kappa shape index (κ1) is 27.3. The van der Waals surface area contributed by atoms with Crippen LogP contribution >= 0.6 is 0 Å². The van der Waals surface area contributed by atoms with E-state index < -0.39 is 19.7 Å². The summed E-state index contributed by atoms with van der Waals surface area (Å²) < 4.78 is 28.3. The number of likely N-dealkylation sites (tertiary alicyclic amines) is 1. The number of anilines is 1. The standard InChI is InChI=1S/C30H41FN2O4Si/c1-29(2,3)38(4,5)37-26(21-13-20-11-12-27(34)32-28(20)25(31)14-21)18-33-17-22-15-24(16-30(22,35)19-33)36-23-9-7-6-8-10-23/h6-10,13-14,22,24,26,35H,11-12,15-19H2,1-5H3,(H,32,34)/t22-,24+,26-,30-/m1/s1. The topological polar surface area (TPSA) is 71.0 Å². The summed E-state index contributed by atoms with van der Waals surface area (Å²) in [6, 6.07) is 13.3. The number of hydrogen-bond acceptors (Lipinski definition) is 5. The van der Waals surface area contributed by atoms with Gasteiger partial charge < -0.3 is 19.6 Å². The van der Waals surface area contributed by atoms with Crippen LogP contribution in [0.3, 0.4) is 0 Å². The lowest BCUT2D eigenvalue weighted by atomic mass is 9.95. The molecule has 6 nitrogen and oxygen atoms in total. The van der Waals surface area contributed by atoms with E-state index in [0.29, 0.717) is 38.0 Å². The summed E-state index contributed by atoms with van der Waals surface area (Å²) in [6.07, 6.45) is 1.96. The Balaban J connectivity index is 1.34. The van der Waals surface area contributed by atoms with Crippen molar-refractivity contribution in [3.63, 3.8) is 0 Å². The maximum atomic E-state index is 15.2. The number of benzene rings is 2. The molecule has 2 heterocycles. The summed E-state index contributed by atoms with van der Waals surface area (Å²) in [4.78, 5) is 14.1. The number of hydrogen-bond donors (Lipinski definition) is 2. The van der Waals surface area contributed by atoms with Crippen LogP contribution in [0.2, 0.25) is 18.1 Å². The second kappa shape index (κ2) is 10.0. The van der Waals surface area contributed by atoms with Crippen molar-refractivity contribution < 1.29 is 23.5 Å². The normalized spacial score (nSPS) is 26.6. The van der Waals surface area contributed by atoms with Gasteiger partial charge in [-0.2, -0.15) is 0 Å². The van der Waals surface area contributed by atoms with Crippen LogP contribution in [0.25, 0.3) is 0 Å². The molecule has 4 atom stereocenters. The predicted octanol–water partition coefficient (Wildman–Crippen LogP) is 5.68. The summed E-state index contributed by atoms with van der Waals surface area (Å²) in [6.45, 7) is 12.9. The number of nitrogens with one attached hydrogen (secondary N) is 1. The third-order valence-electron chi connectivity index (χ3n) is 9.03. The number of aliphatic hydroxyl groups is 1. The van der Waals surface area contributed by atoms with Gasteiger partial charge in [-0.3, -0.25) is 9.69 Å². The number of amides is 1. The number of ether oxygens (including phenoxy) is 1. The number of rotatable bonds is 7. The lowest BCUT2D eigenvalue weighted by Crippen LogP contribution is -2.44. The molecule has 2 N–H and O–H groups in total. The highest BCUT2D eigenvalue weighted by Gasteiger charge is 2.53. The number of carbonyl (C=O) groups is 1. The Hall–Kier alpha value is -2.26. The zero-order valence-corrected chi connectivity index (χ0v) is 24.2. The van der Waals surface area contributed by atoms with Crippen LogP contribution in [0.1, 0.15) is 57.3 Å². The second-order valence-corrected chi connectivity index (χ2v) is 17.7. The minimum Gasteiger partial charge on any atom is -0.490 e. The molecule has 2 aliphatic heterocycles. The zero-order chi connectivity index (χ0) is 27.3. The van der Waals surface area contributed by atoms with E-state index in [9.17, 15) is 9.90 Å². The van der Waals surface area contributed by atoms with E-state index in [-0.39, 0.29) is 29.1 Å². The van der Waals surface area contributed by atoms with Crippen LogP contribution < -0.4 is 10.1 Å². The molecule has 0 aromatic heterocycles. The second-order valence-electron chi connectivity index (χ2n) is 12.9. The summed E-state index contributed by atoms with van der Waals surface area (Å²) in [5, 5.41) is 14.3. The van der Waals surface area contributed by atoms with Gasteiger partial charge in [-0.25, -0.2) is 4.39 Å². The van der Waals surface area contributed by atoms with Crippen molar-refractivity contribution in [1.82, 2.24) is 4.90 Å². The minimum atomic E-state index is -2.19. The highest BCUT2D eigenvalue weighted by atomic mass is 28.4. The van der Waals surface area contributed by atoms with Crippen molar-refractivity contribution in [3.05, 3.63) is 59.4 Å². The fourth-order valence-electron chi connectivity index (χ4n) is 5.94. The molecule has 3 aliphatic rings. The number of halogens is 1. The average molecular weight is 541 g/mol. The molecule has 0 radical (unpaired) electrons. The van der Waals surface area contributed by atoms with E-state index in [4.69, 9.17) is 9.16 Å². The van der Waals surface area contributed by atoms with Gasteiger partial charge in [-0.05, 0) is 60.3 Å². The van der Waals surface area contributed by atoms with Crippen LogP contribution in [0.15, 0.2) is 42.5 Å². The Labute approximate surface area is 226 Å². The first-order chi connectivity index (χ1) is 17.8. The summed E-state index contributed by atoms with van der Waals surface area (Å²) >= 11 is 0. The van der Waals surface area contributed by atoms with Gasteiger partial charge in [-0.15, -0.1) is 0 Å². The Morgan fingerprint density at radius 1 is 1.21 bits per heavy atom. The lowest BCUT2D eigenvalue weighted by molar-refractivity contribution is -0.116. The van der Waals surface area contributed by atoms with Gasteiger partial charge in [0.05, 0.1) is 17.4 Å². The highest BCUT2D eigenvalue weighted by molar-refractivity contribution is 6.74. The molecule has 1 aliphatic carbocycles. The summed E-state index contributed by atoms with van der Waals surface area (Å²) in [5.74, 6) is 0.406. The molecular formula is C30H41FN2O4Si. The van der Waals surface area contributed by atoms with E-state index in [1.807, 2.05) is 36.4 Å². The van der Waals surface area contributed by atoms with E-state index in [1.165, 1.54) is 6.07 Å². The Bertz CT molecular complexity index is 1180. The molecule has 8 heteroatoms. The van der Waals surface area contributed by atoms with Gasteiger partial charge in [0.2, 0.25) is 5.91 Å². The van der Waals surface area contributed by atoms with Gasteiger partial charge in [-0.1, -0.05) is 45.0 Å². The van der Waals surface area contributed by atoms with Crippen molar-refractivity contribution in [2.45, 2.75) is 82.4 Å². The number of para-hydroxylation sites is 1. The van der Waals surface area contributed by atoms with Crippen molar-refractivity contribution in [2.24, 2.45) is 5.92 Å².